The van der Waals surface area contributed by atoms with Crippen molar-refractivity contribution in [3.63, 3.8) is 0 Å². The number of aromatic nitrogens is 3. The summed E-state index contributed by atoms with van der Waals surface area (Å²) >= 11 is 5.82. The largest absolute Gasteiger partial charge is 0.474 e. The molecule has 132 valence electrons. The fraction of sp³-hybridized carbons (Fsp3) is 0.222. The molecular formula is C18H16ClN4O3+. The van der Waals surface area contributed by atoms with E-state index in [1.807, 2.05) is 18.2 Å². The van der Waals surface area contributed by atoms with Crippen LogP contribution in [-0.4, -0.2) is 33.7 Å². The van der Waals surface area contributed by atoms with Gasteiger partial charge in [0.05, 0.1) is 25.3 Å². The van der Waals surface area contributed by atoms with Crippen LogP contribution < -0.4 is 4.40 Å². The van der Waals surface area contributed by atoms with E-state index >= 15 is 0 Å². The smallest absolute Gasteiger partial charge is 0.339 e. The van der Waals surface area contributed by atoms with Crippen LogP contribution in [0.3, 0.4) is 0 Å². The highest BCUT2D eigenvalue weighted by Crippen LogP contribution is 2.20. The molecule has 0 radical (unpaired) electrons. The quantitative estimate of drug-likeness (QED) is 0.297. The number of nitrogens with zero attached hydrogens (tertiary/aromatic N) is 4. The molecular weight excluding hydrogens is 356 g/mol. The molecule has 0 saturated heterocycles. The summed E-state index contributed by atoms with van der Waals surface area (Å²) in [6.07, 6.45) is 3.50. The molecule has 0 atom stereocenters. The molecule has 0 saturated carbocycles. The van der Waals surface area contributed by atoms with Gasteiger partial charge in [-0.05, 0) is 12.1 Å². The van der Waals surface area contributed by atoms with Crippen LogP contribution >= 0.6 is 11.6 Å². The third-order valence-electron chi connectivity index (χ3n) is 3.81. The Balaban J connectivity index is 1.98. The number of nitriles is 1. The molecule has 0 aliphatic heterocycles. The number of carbonyl (C=O) groups excluding carboxylic acids is 1. The molecule has 3 aromatic heterocycles. The van der Waals surface area contributed by atoms with Gasteiger partial charge in [0, 0.05) is 17.8 Å². The Morgan fingerprint density at radius 3 is 2.96 bits per heavy atom. The molecule has 1 N–H and O–H groups in total. The molecule has 0 fully saturated rings. The Kier molecular flexibility index (Phi) is 5.46. The number of Topliss-reactive ketones (excluding diaryl/α,β-unsaturated/α-hetero) is 1. The first-order chi connectivity index (χ1) is 12.6. The Morgan fingerprint density at radius 2 is 2.23 bits per heavy atom. The lowest BCUT2D eigenvalue weighted by Crippen LogP contribution is -2.19. The molecule has 3 aromatic rings. The summed E-state index contributed by atoms with van der Waals surface area (Å²) in [7, 11) is 0. The number of fused-ring (bicyclic) bond motifs is 1. The van der Waals surface area contributed by atoms with Gasteiger partial charge in [-0.3, -0.25) is 4.79 Å². The second-order valence-corrected chi connectivity index (χ2v) is 5.95. The van der Waals surface area contributed by atoms with E-state index < -0.39 is 0 Å². The van der Waals surface area contributed by atoms with Crippen LogP contribution in [0.4, 0.5) is 0 Å². The highest BCUT2D eigenvalue weighted by atomic mass is 35.5. The van der Waals surface area contributed by atoms with Crippen LogP contribution in [-0.2, 0) is 11.3 Å². The molecule has 0 aliphatic carbocycles. The zero-order valence-electron chi connectivity index (χ0n) is 13.8. The van der Waals surface area contributed by atoms with E-state index in [0.717, 1.165) is 5.56 Å². The standard InChI is InChI=1S/C18H15ClN4O3/c19-15-6-5-13(10-21-15)11-23-16-4-1-2-8-22(16)18(25)17(23)14(24)12-26-9-3-7-20/h1-2,4-6,8,10H,3,9,11-12H2/p+1. The Morgan fingerprint density at radius 1 is 1.38 bits per heavy atom. The van der Waals surface area contributed by atoms with Gasteiger partial charge in [-0.25, -0.2) is 9.55 Å². The molecule has 7 nitrogen and oxygen atoms in total. The fourth-order valence-electron chi connectivity index (χ4n) is 2.65. The Labute approximate surface area is 154 Å². The van der Waals surface area contributed by atoms with Gasteiger partial charge in [0.2, 0.25) is 5.78 Å². The van der Waals surface area contributed by atoms with Crippen LogP contribution in [0.25, 0.3) is 5.65 Å². The molecule has 0 aliphatic rings. The number of ketones is 1. The van der Waals surface area contributed by atoms with Crippen molar-refractivity contribution in [1.29, 1.82) is 5.26 Å². The summed E-state index contributed by atoms with van der Waals surface area (Å²) in [4.78, 5) is 16.7. The van der Waals surface area contributed by atoms with Crippen molar-refractivity contribution in [2.45, 2.75) is 13.0 Å². The average Bonchev–Trinajstić information content (AvgIpc) is 2.93. The number of halogens is 1. The first kappa shape index (κ1) is 17.9. The second kappa shape index (κ2) is 7.95. The van der Waals surface area contributed by atoms with Gasteiger partial charge < -0.3 is 9.84 Å². The van der Waals surface area contributed by atoms with Gasteiger partial charge in [-0.15, -0.1) is 0 Å². The number of rotatable bonds is 7. The van der Waals surface area contributed by atoms with Crippen molar-refractivity contribution in [2.75, 3.05) is 13.2 Å². The molecule has 0 amide bonds. The van der Waals surface area contributed by atoms with Crippen LogP contribution in [0.15, 0.2) is 42.7 Å². The number of ether oxygens (including phenoxy) is 1. The minimum Gasteiger partial charge on any atom is -0.474 e. The van der Waals surface area contributed by atoms with Crippen molar-refractivity contribution in [3.05, 3.63) is 59.1 Å². The van der Waals surface area contributed by atoms with Crippen molar-refractivity contribution in [1.82, 2.24) is 9.55 Å². The van der Waals surface area contributed by atoms with Gasteiger partial charge in [-0.2, -0.15) is 9.66 Å². The molecule has 0 unspecified atom stereocenters. The number of hydrogen-bond donors (Lipinski definition) is 1. The predicted octanol–water partition coefficient (Wildman–Crippen LogP) is 2.14. The first-order valence-corrected chi connectivity index (χ1v) is 8.29. The van der Waals surface area contributed by atoms with Crippen molar-refractivity contribution in [3.8, 4) is 11.9 Å². The van der Waals surface area contributed by atoms with E-state index in [9.17, 15) is 9.90 Å². The van der Waals surface area contributed by atoms with Crippen molar-refractivity contribution >= 4 is 23.0 Å². The van der Waals surface area contributed by atoms with E-state index in [-0.39, 0.29) is 37.0 Å². The lowest BCUT2D eigenvalue weighted by Gasteiger charge is -2.03. The van der Waals surface area contributed by atoms with Crippen LogP contribution in [0.1, 0.15) is 22.5 Å². The van der Waals surface area contributed by atoms with Gasteiger partial charge in [-0.1, -0.05) is 23.7 Å². The maximum Gasteiger partial charge on any atom is 0.339 e. The van der Waals surface area contributed by atoms with Crippen LogP contribution in [0.2, 0.25) is 5.15 Å². The SMILES string of the molecule is N#CCCOCC(=O)c1c(O)[n+]2ccccc2n1Cc1ccc(Cl)nc1. The van der Waals surface area contributed by atoms with E-state index in [1.165, 1.54) is 4.40 Å². The molecule has 0 spiro atoms. The first-order valence-electron chi connectivity index (χ1n) is 7.92. The van der Waals surface area contributed by atoms with Gasteiger partial charge in [0.15, 0.2) is 0 Å². The Hall–Kier alpha value is -2.95. The minimum atomic E-state index is -0.369. The molecule has 3 rings (SSSR count). The van der Waals surface area contributed by atoms with E-state index in [1.54, 1.807) is 35.2 Å². The highest BCUT2D eigenvalue weighted by molar-refractivity contribution is 6.29. The topological polar surface area (TPSA) is 92.2 Å². The second-order valence-electron chi connectivity index (χ2n) is 5.56. The normalized spacial score (nSPS) is 10.8. The predicted molar refractivity (Wildman–Crippen MR) is 93.0 cm³/mol. The lowest BCUT2D eigenvalue weighted by molar-refractivity contribution is -0.521. The van der Waals surface area contributed by atoms with Crippen LogP contribution in [0, 0.1) is 11.3 Å². The average molecular weight is 372 g/mol. The number of hydrogen-bond acceptors (Lipinski definition) is 5. The zero-order valence-corrected chi connectivity index (χ0v) is 14.6. The van der Waals surface area contributed by atoms with Gasteiger partial charge in [0.25, 0.3) is 11.3 Å². The molecule has 3 heterocycles. The third-order valence-corrected chi connectivity index (χ3v) is 4.03. The zero-order chi connectivity index (χ0) is 18.5. The summed E-state index contributed by atoms with van der Waals surface area (Å²) in [6.45, 7) is 0.278. The minimum absolute atomic E-state index is 0.142. The summed E-state index contributed by atoms with van der Waals surface area (Å²) in [5, 5.41) is 19.5. The maximum atomic E-state index is 12.6. The van der Waals surface area contributed by atoms with E-state index in [0.29, 0.717) is 17.3 Å². The summed E-state index contributed by atoms with van der Waals surface area (Å²) < 4.78 is 8.46. The molecule has 0 bridgehead atoms. The molecule has 0 aromatic carbocycles. The third kappa shape index (κ3) is 3.67. The number of imidazole rings is 1. The summed E-state index contributed by atoms with van der Waals surface area (Å²) in [6, 6.07) is 10.8. The van der Waals surface area contributed by atoms with Crippen LogP contribution in [0.5, 0.6) is 5.88 Å². The highest BCUT2D eigenvalue weighted by Gasteiger charge is 2.30. The van der Waals surface area contributed by atoms with Gasteiger partial charge in [0.1, 0.15) is 18.3 Å². The maximum absolute atomic E-state index is 12.6. The summed E-state index contributed by atoms with van der Waals surface area (Å²) in [5.74, 6) is -0.525. The van der Waals surface area contributed by atoms with Crippen molar-refractivity contribution < 1.29 is 19.0 Å². The number of carbonyl (C=O) groups is 1. The van der Waals surface area contributed by atoms with Crippen molar-refractivity contribution in [2.24, 2.45) is 0 Å². The molecule has 8 heteroatoms. The number of pyridine rings is 2. The van der Waals surface area contributed by atoms with E-state index in [4.69, 9.17) is 21.6 Å². The Bertz CT molecular complexity index is 977. The lowest BCUT2D eigenvalue weighted by atomic mass is 10.2. The molecule has 26 heavy (non-hydrogen) atoms. The van der Waals surface area contributed by atoms with Gasteiger partial charge >= 0.3 is 5.88 Å². The summed E-state index contributed by atoms with van der Waals surface area (Å²) in [5.41, 5.74) is 1.62. The monoisotopic (exact) mass is 371 g/mol. The number of aromatic hydroxyl groups is 1. The van der Waals surface area contributed by atoms with E-state index in [2.05, 4.69) is 4.98 Å². The fourth-order valence-corrected chi connectivity index (χ4v) is 2.76.